The summed E-state index contributed by atoms with van der Waals surface area (Å²) in [5.74, 6) is 0.891. The van der Waals surface area contributed by atoms with Crippen molar-refractivity contribution in [3.63, 3.8) is 0 Å². The summed E-state index contributed by atoms with van der Waals surface area (Å²) in [6, 6.07) is 9.00. The Labute approximate surface area is 111 Å². The fourth-order valence-electron chi connectivity index (χ4n) is 2.83. The Balaban J connectivity index is 1.92. The van der Waals surface area contributed by atoms with Crippen LogP contribution in [0.3, 0.4) is 0 Å². The molecule has 3 N–H and O–H groups in total. The quantitative estimate of drug-likeness (QED) is 0.800. The average molecular weight is 246 g/mol. The highest BCUT2D eigenvalue weighted by molar-refractivity contribution is 5.41. The Morgan fingerprint density at radius 2 is 1.89 bits per heavy atom. The van der Waals surface area contributed by atoms with Crippen molar-refractivity contribution in [3.8, 4) is 0 Å². The van der Waals surface area contributed by atoms with Crippen molar-refractivity contribution in [2.45, 2.75) is 51.5 Å². The highest BCUT2D eigenvalue weighted by Gasteiger charge is 2.25. The third-order valence-corrected chi connectivity index (χ3v) is 4.22. The Kier molecular flexibility index (Phi) is 3.96. The number of rotatable bonds is 4. The Bertz CT molecular complexity index is 381. The molecule has 1 saturated carbocycles. The van der Waals surface area contributed by atoms with Gasteiger partial charge in [-0.25, -0.2) is 0 Å². The summed E-state index contributed by atoms with van der Waals surface area (Å²) < 4.78 is 0. The number of nitrogens with one attached hydrogen (secondary N) is 1. The lowest BCUT2D eigenvalue weighted by atomic mass is 9.84. The molecule has 0 spiro atoms. The standard InChI is InChI=1S/C16H26N2/c1-12-4-9-15(10-12)18-11-16(2,3)13-5-7-14(17)8-6-13/h5-8,12,15,18H,4,9-11,17H2,1-3H3. The molecule has 0 aliphatic heterocycles. The molecule has 18 heavy (non-hydrogen) atoms. The molecule has 1 aliphatic rings. The summed E-state index contributed by atoms with van der Waals surface area (Å²) in [6.07, 6.45) is 4.04. The highest BCUT2D eigenvalue weighted by atomic mass is 14.9. The molecular formula is C16H26N2. The monoisotopic (exact) mass is 246 g/mol. The van der Waals surface area contributed by atoms with Crippen molar-refractivity contribution in [3.05, 3.63) is 29.8 Å². The lowest BCUT2D eigenvalue weighted by Crippen LogP contribution is -2.38. The molecule has 0 radical (unpaired) electrons. The second-order valence-corrected chi connectivity index (χ2v) is 6.50. The van der Waals surface area contributed by atoms with E-state index < -0.39 is 0 Å². The van der Waals surface area contributed by atoms with Gasteiger partial charge >= 0.3 is 0 Å². The summed E-state index contributed by atoms with van der Waals surface area (Å²) in [7, 11) is 0. The van der Waals surface area contributed by atoms with E-state index >= 15 is 0 Å². The van der Waals surface area contributed by atoms with Gasteiger partial charge in [-0.2, -0.15) is 0 Å². The minimum atomic E-state index is 0.166. The van der Waals surface area contributed by atoms with Gasteiger partial charge in [0.1, 0.15) is 0 Å². The van der Waals surface area contributed by atoms with Crippen LogP contribution in [0.25, 0.3) is 0 Å². The van der Waals surface area contributed by atoms with Gasteiger partial charge in [-0.05, 0) is 42.9 Å². The van der Waals surface area contributed by atoms with Crippen LogP contribution in [0.1, 0.15) is 45.6 Å². The van der Waals surface area contributed by atoms with E-state index in [1.165, 1.54) is 24.8 Å². The van der Waals surface area contributed by atoms with E-state index in [4.69, 9.17) is 5.73 Å². The van der Waals surface area contributed by atoms with Crippen LogP contribution in [-0.2, 0) is 5.41 Å². The zero-order valence-corrected chi connectivity index (χ0v) is 11.9. The third-order valence-electron chi connectivity index (χ3n) is 4.22. The van der Waals surface area contributed by atoms with E-state index in [2.05, 4.69) is 38.2 Å². The van der Waals surface area contributed by atoms with E-state index in [9.17, 15) is 0 Å². The van der Waals surface area contributed by atoms with Crippen LogP contribution >= 0.6 is 0 Å². The van der Waals surface area contributed by atoms with E-state index in [1.807, 2.05) is 12.1 Å². The molecule has 0 amide bonds. The van der Waals surface area contributed by atoms with Crippen molar-refractivity contribution in [2.24, 2.45) is 5.92 Å². The lowest BCUT2D eigenvalue weighted by Gasteiger charge is -2.28. The van der Waals surface area contributed by atoms with E-state index in [1.54, 1.807) is 0 Å². The molecule has 1 aromatic carbocycles. The maximum Gasteiger partial charge on any atom is 0.0314 e. The normalized spacial score (nSPS) is 24.4. The summed E-state index contributed by atoms with van der Waals surface area (Å²) >= 11 is 0. The SMILES string of the molecule is CC1CCC(NCC(C)(C)c2ccc(N)cc2)C1. The first-order valence-corrected chi connectivity index (χ1v) is 7.07. The first-order valence-electron chi connectivity index (χ1n) is 7.07. The largest absolute Gasteiger partial charge is 0.399 e. The molecular weight excluding hydrogens is 220 g/mol. The number of hydrogen-bond acceptors (Lipinski definition) is 2. The maximum absolute atomic E-state index is 5.74. The molecule has 2 unspecified atom stereocenters. The zero-order chi connectivity index (χ0) is 13.2. The second kappa shape index (κ2) is 5.31. The summed E-state index contributed by atoms with van der Waals surface area (Å²) in [4.78, 5) is 0. The maximum atomic E-state index is 5.74. The fraction of sp³-hybridized carbons (Fsp3) is 0.625. The van der Waals surface area contributed by atoms with Crippen molar-refractivity contribution in [1.29, 1.82) is 0 Å². The van der Waals surface area contributed by atoms with Gasteiger partial charge in [-0.1, -0.05) is 32.9 Å². The van der Waals surface area contributed by atoms with Crippen LogP contribution in [0, 0.1) is 5.92 Å². The number of anilines is 1. The molecule has 0 bridgehead atoms. The van der Waals surface area contributed by atoms with Crippen LogP contribution in [0.4, 0.5) is 5.69 Å². The minimum absolute atomic E-state index is 0.166. The van der Waals surface area contributed by atoms with Crippen LogP contribution in [-0.4, -0.2) is 12.6 Å². The number of benzene rings is 1. The molecule has 2 heteroatoms. The summed E-state index contributed by atoms with van der Waals surface area (Å²) in [5, 5.41) is 3.73. The molecule has 2 nitrogen and oxygen atoms in total. The molecule has 0 aromatic heterocycles. The number of nitrogen functional groups attached to an aromatic ring is 1. The number of hydrogen-bond donors (Lipinski definition) is 2. The van der Waals surface area contributed by atoms with E-state index in [0.29, 0.717) is 6.04 Å². The molecule has 0 heterocycles. The summed E-state index contributed by atoms with van der Waals surface area (Å²) in [5.41, 5.74) is 8.11. The second-order valence-electron chi connectivity index (χ2n) is 6.50. The van der Waals surface area contributed by atoms with Gasteiger partial charge < -0.3 is 11.1 Å². The average Bonchev–Trinajstić information content (AvgIpc) is 2.73. The van der Waals surface area contributed by atoms with Gasteiger partial charge in [0.05, 0.1) is 0 Å². The molecule has 1 aromatic rings. The van der Waals surface area contributed by atoms with Crippen LogP contribution < -0.4 is 11.1 Å². The molecule has 1 aliphatic carbocycles. The zero-order valence-electron chi connectivity index (χ0n) is 11.9. The van der Waals surface area contributed by atoms with Gasteiger partial charge in [0.2, 0.25) is 0 Å². The smallest absolute Gasteiger partial charge is 0.0314 e. The van der Waals surface area contributed by atoms with Gasteiger partial charge in [0.15, 0.2) is 0 Å². The molecule has 1 fully saturated rings. The van der Waals surface area contributed by atoms with E-state index in [-0.39, 0.29) is 5.41 Å². The van der Waals surface area contributed by atoms with Gasteiger partial charge in [-0.15, -0.1) is 0 Å². The van der Waals surface area contributed by atoms with Crippen molar-refractivity contribution >= 4 is 5.69 Å². The topological polar surface area (TPSA) is 38.0 Å². The van der Waals surface area contributed by atoms with Crippen molar-refractivity contribution in [1.82, 2.24) is 5.32 Å². The molecule has 100 valence electrons. The number of nitrogens with two attached hydrogens (primary N) is 1. The predicted octanol–water partition coefficient (Wildman–Crippen LogP) is 3.32. The predicted molar refractivity (Wildman–Crippen MR) is 78.7 cm³/mol. The first kappa shape index (κ1) is 13.4. The van der Waals surface area contributed by atoms with Crippen LogP contribution in [0.2, 0.25) is 0 Å². The minimum Gasteiger partial charge on any atom is -0.399 e. The van der Waals surface area contributed by atoms with Gasteiger partial charge in [0, 0.05) is 23.7 Å². The lowest BCUT2D eigenvalue weighted by molar-refractivity contribution is 0.413. The van der Waals surface area contributed by atoms with Crippen molar-refractivity contribution in [2.75, 3.05) is 12.3 Å². The van der Waals surface area contributed by atoms with E-state index in [0.717, 1.165) is 18.2 Å². The third kappa shape index (κ3) is 3.26. The van der Waals surface area contributed by atoms with Crippen molar-refractivity contribution < 1.29 is 0 Å². The van der Waals surface area contributed by atoms with Crippen LogP contribution in [0.5, 0.6) is 0 Å². The van der Waals surface area contributed by atoms with Gasteiger partial charge in [0.25, 0.3) is 0 Å². The van der Waals surface area contributed by atoms with Gasteiger partial charge in [-0.3, -0.25) is 0 Å². The summed E-state index contributed by atoms with van der Waals surface area (Å²) in [6.45, 7) is 7.98. The Morgan fingerprint density at radius 1 is 1.22 bits per heavy atom. The fourth-order valence-corrected chi connectivity index (χ4v) is 2.83. The van der Waals surface area contributed by atoms with Crippen LogP contribution in [0.15, 0.2) is 24.3 Å². The first-order chi connectivity index (χ1) is 8.47. The highest BCUT2D eigenvalue weighted by Crippen LogP contribution is 2.27. The molecule has 0 saturated heterocycles. The Hall–Kier alpha value is -1.02. The molecule has 2 rings (SSSR count). The molecule has 2 atom stereocenters. The Morgan fingerprint density at radius 3 is 2.44 bits per heavy atom.